The Morgan fingerprint density at radius 2 is 1.79 bits per heavy atom. The highest BCUT2D eigenvalue weighted by Gasteiger charge is 2.51. The Balaban J connectivity index is 1.50. The Morgan fingerprint density at radius 1 is 1.14 bits per heavy atom. The Bertz CT molecular complexity index is 891. The first-order chi connectivity index (χ1) is 13.5. The molecule has 4 heteroatoms. The molecule has 1 heterocycles. The van der Waals surface area contributed by atoms with Crippen LogP contribution in [0.1, 0.15) is 68.4 Å². The molecule has 0 atom stereocenters. The summed E-state index contributed by atoms with van der Waals surface area (Å²) < 4.78 is 7.87. The fourth-order valence-corrected chi connectivity index (χ4v) is 6.94. The summed E-state index contributed by atoms with van der Waals surface area (Å²) >= 11 is 0. The van der Waals surface area contributed by atoms with Crippen molar-refractivity contribution in [1.82, 2.24) is 9.88 Å². The van der Waals surface area contributed by atoms with Gasteiger partial charge < -0.3 is 14.6 Å². The van der Waals surface area contributed by atoms with E-state index in [9.17, 15) is 4.79 Å². The number of hydrogen-bond acceptors (Lipinski definition) is 2. The molecule has 2 aromatic rings. The van der Waals surface area contributed by atoms with Crippen LogP contribution in [-0.2, 0) is 6.54 Å². The largest absolute Gasteiger partial charge is 0.494 e. The monoisotopic (exact) mass is 380 g/mol. The minimum absolute atomic E-state index is 0.0454. The zero-order valence-electron chi connectivity index (χ0n) is 17.4. The first-order valence-electron chi connectivity index (χ1n) is 11.1. The molecule has 4 fully saturated rings. The third-order valence-electron chi connectivity index (χ3n) is 7.55. The number of ether oxygens (including phenoxy) is 1. The van der Waals surface area contributed by atoms with E-state index >= 15 is 0 Å². The Kier molecular flexibility index (Phi) is 4.22. The minimum atomic E-state index is 0.0454. The van der Waals surface area contributed by atoms with E-state index in [1.165, 1.54) is 38.5 Å². The second-order valence-corrected chi connectivity index (χ2v) is 9.48. The molecule has 28 heavy (non-hydrogen) atoms. The number of aromatic nitrogens is 1. The van der Waals surface area contributed by atoms with Crippen molar-refractivity contribution in [3.8, 4) is 5.75 Å². The van der Waals surface area contributed by atoms with Crippen LogP contribution in [0.5, 0.6) is 5.75 Å². The highest BCUT2D eigenvalue weighted by atomic mass is 16.5. The van der Waals surface area contributed by atoms with Gasteiger partial charge in [-0.25, -0.2) is 0 Å². The zero-order valence-corrected chi connectivity index (χ0v) is 17.4. The van der Waals surface area contributed by atoms with E-state index in [-0.39, 0.29) is 11.4 Å². The van der Waals surface area contributed by atoms with Crippen LogP contribution in [0.2, 0.25) is 0 Å². The number of rotatable bonds is 5. The van der Waals surface area contributed by atoms with E-state index in [0.29, 0.717) is 6.61 Å². The standard InChI is InChI=1S/C24H32N2O2/c1-4-26-21-7-6-19(28-5-2)11-20(21)15(3)22(26)23(27)25-24-12-16-8-17(13-24)10-18(9-16)14-24/h6-7,11,16-18H,4-5,8-10,12-14H2,1-3H3,(H,25,27). The number of hydrogen-bond donors (Lipinski definition) is 1. The minimum Gasteiger partial charge on any atom is -0.494 e. The van der Waals surface area contributed by atoms with Crippen LogP contribution in [0.25, 0.3) is 10.9 Å². The van der Waals surface area contributed by atoms with Crippen LogP contribution in [0.4, 0.5) is 0 Å². The van der Waals surface area contributed by atoms with Gasteiger partial charge in [-0.3, -0.25) is 4.79 Å². The molecule has 1 aromatic heterocycles. The SMILES string of the molecule is CCOc1ccc2c(c1)c(C)c(C(=O)NC13CC4CC(CC(C4)C1)C3)n2CC. The lowest BCUT2D eigenvalue weighted by Gasteiger charge is -2.56. The molecule has 1 aromatic carbocycles. The van der Waals surface area contributed by atoms with Crippen LogP contribution in [0, 0.1) is 24.7 Å². The Hall–Kier alpha value is -1.97. The van der Waals surface area contributed by atoms with Crippen molar-refractivity contribution >= 4 is 16.8 Å². The predicted octanol–water partition coefficient (Wildman–Crippen LogP) is 5.07. The van der Waals surface area contributed by atoms with Crippen LogP contribution in [0.3, 0.4) is 0 Å². The van der Waals surface area contributed by atoms with Gasteiger partial charge in [-0.15, -0.1) is 0 Å². The van der Waals surface area contributed by atoms with Gasteiger partial charge in [0.2, 0.25) is 0 Å². The van der Waals surface area contributed by atoms with E-state index < -0.39 is 0 Å². The molecular formula is C24H32N2O2. The third kappa shape index (κ3) is 2.75. The van der Waals surface area contributed by atoms with Gasteiger partial charge in [0.1, 0.15) is 11.4 Å². The Morgan fingerprint density at radius 3 is 2.36 bits per heavy atom. The number of carbonyl (C=O) groups is 1. The molecule has 0 radical (unpaired) electrons. The van der Waals surface area contributed by atoms with Crippen LogP contribution < -0.4 is 10.1 Å². The van der Waals surface area contributed by atoms with Crippen LogP contribution >= 0.6 is 0 Å². The molecule has 4 saturated carbocycles. The maximum atomic E-state index is 13.5. The normalized spacial score (nSPS) is 30.8. The Labute approximate surface area is 167 Å². The van der Waals surface area contributed by atoms with Crippen LogP contribution in [-0.4, -0.2) is 22.6 Å². The summed E-state index contributed by atoms with van der Waals surface area (Å²) in [5, 5.41) is 4.69. The van der Waals surface area contributed by atoms with Gasteiger partial charge in [0.25, 0.3) is 5.91 Å². The average Bonchev–Trinajstić information content (AvgIpc) is 2.92. The number of amides is 1. The van der Waals surface area contributed by atoms with Gasteiger partial charge in [0.05, 0.1) is 6.61 Å². The smallest absolute Gasteiger partial charge is 0.268 e. The summed E-state index contributed by atoms with van der Waals surface area (Å²) in [5.74, 6) is 3.49. The van der Waals surface area contributed by atoms with Crippen molar-refractivity contribution in [1.29, 1.82) is 0 Å². The molecule has 150 valence electrons. The summed E-state index contributed by atoms with van der Waals surface area (Å²) in [6.45, 7) is 7.65. The lowest BCUT2D eigenvalue weighted by molar-refractivity contribution is -0.0168. The van der Waals surface area contributed by atoms with Crippen molar-refractivity contribution in [3.63, 3.8) is 0 Å². The van der Waals surface area contributed by atoms with Gasteiger partial charge in [-0.2, -0.15) is 0 Å². The first-order valence-corrected chi connectivity index (χ1v) is 11.1. The van der Waals surface area contributed by atoms with Gasteiger partial charge in [-0.05, 0) is 101 Å². The fourth-order valence-electron chi connectivity index (χ4n) is 6.94. The number of nitrogens with one attached hydrogen (secondary N) is 1. The maximum Gasteiger partial charge on any atom is 0.268 e. The molecule has 1 N–H and O–H groups in total. The summed E-state index contributed by atoms with van der Waals surface area (Å²) in [4.78, 5) is 13.5. The van der Waals surface area contributed by atoms with E-state index in [2.05, 4.69) is 35.9 Å². The predicted molar refractivity (Wildman–Crippen MR) is 112 cm³/mol. The molecule has 0 spiro atoms. The zero-order chi connectivity index (χ0) is 19.5. The maximum absolute atomic E-state index is 13.5. The highest BCUT2D eigenvalue weighted by Crippen LogP contribution is 2.55. The second-order valence-electron chi connectivity index (χ2n) is 9.48. The molecule has 0 aliphatic heterocycles. The number of carbonyl (C=O) groups excluding carboxylic acids is 1. The molecule has 1 amide bonds. The van der Waals surface area contributed by atoms with E-state index in [4.69, 9.17) is 4.74 Å². The van der Waals surface area contributed by atoms with Crippen molar-refractivity contribution < 1.29 is 9.53 Å². The van der Waals surface area contributed by atoms with Gasteiger partial charge in [0, 0.05) is 23.0 Å². The molecule has 0 saturated heterocycles. The van der Waals surface area contributed by atoms with Crippen molar-refractivity contribution in [2.24, 2.45) is 17.8 Å². The topological polar surface area (TPSA) is 43.3 Å². The average molecular weight is 381 g/mol. The quantitative estimate of drug-likeness (QED) is 0.787. The highest BCUT2D eigenvalue weighted by molar-refractivity contribution is 6.02. The van der Waals surface area contributed by atoms with E-state index in [1.807, 2.05) is 13.0 Å². The molecular weight excluding hydrogens is 348 g/mol. The third-order valence-corrected chi connectivity index (χ3v) is 7.55. The molecule has 0 unspecified atom stereocenters. The molecule has 4 nitrogen and oxygen atoms in total. The molecule has 4 bridgehead atoms. The summed E-state index contributed by atoms with van der Waals surface area (Å²) in [6.07, 6.45) is 7.73. The first kappa shape index (κ1) is 18.1. The summed E-state index contributed by atoms with van der Waals surface area (Å²) in [7, 11) is 0. The fraction of sp³-hybridized carbons (Fsp3) is 0.625. The van der Waals surface area contributed by atoms with Crippen molar-refractivity contribution in [2.45, 2.75) is 71.4 Å². The lowest BCUT2D eigenvalue weighted by atomic mass is 9.53. The second kappa shape index (κ2) is 6.53. The van der Waals surface area contributed by atoms with Gasteiger partial charge in [-0.1, -0.05) is 0 Å². The lowest BCUT2D eigenvalue weighted by Crippen LogP contribution is -2.60. The van der Waals surface area contributed by atoms with Gasteiger partial charge >= 0.3 is 0 Å². The van der Waals surface area contributed by atoms with Gasteiger partial charge in [0.15, 0.2) is 0 Å². The number of fused-ring (bicyclic) bond motifs is 1. The molecule has 4 aliphatic carbocycles. The number of aryl methyl sites for hydroxylation is 2. The summed E-state index contributed by atoms with van der Waals surface area (Å²) in [5.41, 5.74) is 3.07. The number of benzene rings is 1. The van der Waals surface area contributed by atoms with E-state index in [1.54, 1.807) is 0 Å². The number of nitrogens with zero attached hydrogens (tertiary/aromatic N) is 1. The van der Waals surface area contributed by atoms with Crippen LogP contribution in [0.15, 0.2) is 18.2 Å². The van der Waals surface area contributed by atoms with Crippen molar-refractivity contribution in [3.05, 3.63) is 29.5 Å². The summed E-state index contributed by atoms with van der Waals surface area (Å²) in [6, 6.07) is 6.19. The molecule has 4 aliphatic rings. The van der Waals surface area contributed by atoms with Crippen molar-refractivity contribution in [2.75, 3.05) is 6.61 Å². The van der Waals surface area contributed by atoms with E-state index in [0.717, 1.165) is 52.2 Å². The molecule has 6 rings (SSSR count).